The molecule has 110 valence electrons. The predicted molar refractivity (Wildman–Crippen MR) is 88.7 cm³/mol. The number of benzene rings is 2. The zero-order chi connectivity index (χ0) is 15.7. The number of para-hydroxylation sites is 1. The van der Waals surface area contributed by atoms with Gasteiger partial charge in [0.15, 0.2) is 0 Å². The molecule has 0 unspecified atom stereocenters. The van der Waals surface area contributed by atoms with Gasteiger partial charge < -0.3 is 10.3 Å². The molecule has 0 radical (unpaired) electrons. The molecule has 22 heavy (non-hydrogen) atoms. The number of hydrogen-bond donors (Lipinski definition) is 2. The van der Waals surface area contributed by atoms with E-state index in [0.29, 0.717) is 21.6 Å². The Morgan fingerprint density at radius 1 is 1.14 bits per heavy atom. The first-order valence-electron chi connectivity index (χ1n) is 6.75. The van der Waals surface area contributed by atoms with Crippen molar-refractivity contribution < 1.29 is 4.79 Å². The molecule has 1 aromatic heterocycles. The summed E-state index contributed by atoms with van der Waals surface area (Å²) in [5.74, 6) is -0.443. The van der Waals surface area contributed by atoms with E-state index in [1.54, 1.807) is 24.3 Å². The van der Waals surface area contributed by atoms with Crippen LogP contribution in [0.3, 0.4) is 0 Å². The number of hydrogen-bond acceptors (Lipinski definition) is 2. The van der Waals surface area contributed by atoms with Crippen LogP contribution in [0.25, 0.3) is 10.9 Å². The Hall–Kier alpha value is -2.59. The molecule has 0 fully saturated rings. The molecule has 0 aliphatic rings. The monoisotopic (exact) mass is 312 g/mol. The van der Waals surface area contributed by atoms with Crippen LogP contribution in [-0.2, 0) is 0 Å². The first-order chi connectivity index (χ1) is 10.6. The maximum absolute atomic E-state index is 12.5. The van der Waals surface area contributed by atoms with Gasteiger partial charge >= 0.3 is 0 Å². The molecule has 0 bridgehead atoms. The lowest BCUT2D eigenvalue weighted by atomic mass is 10.1. The number of anilines is 1. The van der Waals surface area contributed by atoms with Gasteiger partial charge in [0.25, 0.3) is 5.91 Å². The van der Waals surface area contributed by atoms with E-state index in [1.165, 1.54) is 6.20 Å². The number of rotatable bonds is 2. The summed E-state index contributed by atoms with van der Waals surface area (Å²) in [5.41, 5.74) is 1.82. The van der Waals surface area contributed by atoms with Crippen LogP contribution in [0.2, 0.25) is 5.02 Å². The van der Waals surface area contributed by atoms with Gasteiger partial charge in [-0.3, -0.25) is 9.59 Å². The lowest BCUT2D eigenvalue weighted by molar-refractivity contribution is 0.102. The number of amides is 1. The topological polar surface area (TPSA) is 62.0 Å². The van der Waals surface area contributed by atoms with Gasteiger partial charge in [-0.05, 0) is 36.8 Å². The maximum Gasteiger partial charge on any atom is 0.261 e. The van der Waals surface area contributed by atoms with Crippen molar-refractivity contribution in [1.29, 1.82) is 0 Å². The minimum Gasteiger partial charge on any atom is -0.360 e. The Kier molecular flexibility index (Phi) is 3.69. The van der Waals surface area contributed by atoms with Crippen molar-refractivity contribution in [2.24, 2.45) is 0 Å². The zero-order valence-corrected chi connectivity index (χ0v) is 12.6. The maximum atomic E-state index is 12.5. The van der Waals surface area contributed by atoms with Crippen LogP contribution in [0.15, 0.2) is 53.5 Å². The quantitative estimate of drug-likeness (QED) is 0.757. The number of carbonyl (C=O) groups excluding carboxylic acids is 1. The molecule has 5 heteroatoms. The van der Waals surface area contributed by atoms with Crippen LogP contribution in [0.4, 0.5) is 5.69 Å². The number of halogens is 1. The third-order valence-corrected chi connectivity index (χ3v) is 3.93. The van der Waals surface area contributed by atoms with Crippen molar-refractivity contribution in [1.82, 2.24) is 4.98 Å². The number of aromatic amines is 1. The van der Waals surface area contributed by atoms with Gasteiger partial charge in [0.2, 0.25) is 5.43 Å². The van der Waals surface area contributed by atoms with Crippen LogP contribution >= 0.6 is 11.6 Å². The lowest BCUT2D eigenvalue weighted by Crippen LogP contribution is -2.22. The summed E-state index contributed by atoms with van der Waals surface area (Å²) in [4.78, 5) is 27.8. The van der Waals surface area contributed by atoms with E-state index in [0.717, 1.165) is 5.56 Å². The van der Waals surface area contributed by atoms with Gasteiger partial charge in [-0.15, -0.1) is 0 Å². The van der Waals surface area contributed by atoms with E-state index in [-0.39, 0.29) is 11.0 Å². The van der Waals surface area contributed by atoms with Crippen LogP contribution in [0, 0.1) is 6.92 Å². The molecule has 0 aliphatic carbocycles. The molecule has 2 aromatic carbocycles. The molecule has 1 amide bonds. The van der Waals surface area contributed by atoms with Gasteiger partial charge in [-0.1, -0.05) is 29.8 Å². The van der Waals surface area contributed by atoms with E-state index in [4.69, 9.17) is 11.6 Å². The predicted octanol–water partition coefficient (Wildman–Crippen LogP) is 3.74. The number of nitrogens with one attached hydrogen (secondary N) is 2. The SMILES string of the molecule is Cc1c(Cl)ccc2c(=O)c(C(=O)Nc3ccccc3)c[nH]c12. The van der Waals surface area contributed by atoms with Gasteiger partial charge in [0.05, 0.1) is 5.52 Å². The number of fused-ring (bicyclic) bond motifs is 1. The number of aromatic nitrogens is 1. The second kappa shape index (κ2) is 5.66. The fourth-order valence-corrected chi connectivity index (χ4v) is 2.46. The van der Waals surface area contributed by atoms with Crippen molar-refractivity contribution in [3.63, 3.8) is 0 Å². The Morgan fingerprint density at radius 2 is 1.86 bits per heavy atom. The summed E-state index contributed by atoms with van der Waals surface area (Å²) in [5, 5.41) is 3.73. The third-order valence-electron chi connectivity index (χ3n) is 3.53. The highest BCUT2D eigenvalue weighted by molar-refractivity contribution is 6.32. The fraction of sp³-hybridized carbons (Fsp3) is 0.0588. The Labute approximate surface area is 131 Å². The standard InChI is InChI=1S/C17H13ClN2O2/c1-10-14(18)8-7-12-15(10)19-9-13(16(12)21)17(22)20-11-5-3-2-4-6-11/h2-9H,1H3,(H,19,21)(H,20,22). The summed E-state index contributed by atoms with van der Waals surface area (Å²) in [6.07, 6.45) is 1.42. The number of H-pyrrole nitrogens is 1. The third kappa shape index (κ3) is 2.49. The van der Waals surface area contributed by atoms with Crippen molar-refractivity contribution in [2.75, 3.05) is 5.32 Å². The minimum atomic E-state index is -0.443. The number of carbonyl (C=O) groups is 1. The minimum absolute atomic E-state index is 0.0677. The molecule has 3 rings (SSSR count). The highest BCUT2D eigenvalue weighted by atomic mass is 35.5. The lowest BCUT2D eigenvalue weighted by Gasteiger charge is -2.08. The molecule has 0 saturated carbocycles. The molecular formula is C17H13ClN2O2. The molecule has 0 atom stereocenters. The van der Waals surface area contributed by atoms with E-state index < -0.39 is 5.91 Å². The molecule has 0 spiro atoms. The van der Waals surface area contributed by atoms with E-state index in [2.05, 4.69) is 10.3 Å². The van der Waals surface area contributed by atoms with Crippen molar-refractivity contribution in [3.05, 3.63) is 75.0 Å². The Bertz CT molecular complexity index is 917. The highest BCUT2D eigenvalue weighted by Gasteiger charge is 2.14. The summed E-state index contributed by atoms with van der Waals surface area (Å²) in [6, 6.07) is 12.3. The van der Waals surface area contributed by atoms with Crippen molar-refractivity contribution in [3.8, 4) is 0 Å². The summed E-state index contributed by atoms with van der Waals surface area (Å²) in [6.45, 7) is 1.82. The van der Waals surface area contributed by atoms with Gasteiger partial charge in [0.1, 0.15) is 5.56 Å². The molecule has 0 saturated heterocycles. The normalized spacial score (nSPS) is 10.6. The largest absolute Gasteiger partial charge is 0.360 e. The Balaban J connectivity index is 2.05. The van der Waals surface area contributed by atoms with Crippen molar-refractivity contribution in [2.45, 2.75) is 6.92 Å². The molecule has 3 aromatic rings. The summed E-state index contributed by atoms with van der Waals surface area (Å²) < 4.78 is 0. The number of pyridine rings is 1. The average molecular weight is 313 g/mol. The summed E-state index contributed by atoms with van der Waals surface area (Å²) >= 11 is 6.05. The van der Waals surface area contributed by atoms with E-state index >= 15 is 0 Å². The first kappa shape index (κ1) is 14.4. The second-order valence-corrected chi connectivity index (χ2v) is 5.35. The molecular weight excluding hydrogens is 300 g/mol. The van der Waals surface area contributed by atoms with Crippen LogP contribution in [0.5, 0.6) is 0 Å². The summed E-state index contributed by atoms with van der Waals surface area (Å²) in [7, 11) is 0. The molecule has 0 aliphatic heterocycles. The molecule has 1 heterocycles. The van der Waals surface area contributed by atoms with Crippen molar-refractivity contribution >= 4 is 34.1 Å². The van der Waals surface area contributed by atoms with E-state index in [9.17, 15) is 9.59 Å². The van der Waals surface area contributed by atoms with Gasteiger partial charge in [-0.25, -0.2) is 0 Å². The van der Waals surface area contributed by atoms with Gasteiger partial charge in [-0.2, -0.15) is 0 Å². The molecule has 4 nitrogen and oxygen atoms in total. The zero-order valence-electron chi connectivity index (χ0n) is 11.8. The number of aryl methyl sites for hydroxylation is 1. The van der Waals surface area contributed by atoms with Crippen LogP contribution in [0.1, 0.15) is 15.9 Å². The van der Waals surface area contributed by atoms with Crippen LogP contribution in [-0.4, -0.2) is 10.9 Å². The Morgan fingerprint density at radius 3 is 2.59 bits per heavy atom. The smallest absolute Gasteiger partial charge is 0.261 e. The van der Waals surface area contributed by atoms with E-state index in [1.807, 2.05) is 25.1 Å². The fourth-order valence-electron chi connectivity index (χ4n) is 2.31. The van der Waals surface area contributed by atoms with Gasteiger partial charge in [0, 0.05) is 22.3 Å². The average Bonchev–Trinajstić information content (AvgIpc) is 2.52. The second-order valence-electron chi connectivity index (χ2n) is 4.95. The highest BCUT2D eigenvalue weighted by Crippen LogP contribution is 2.22. The van der Waals surface area contributed by atoms with Crippen LogP contribution < -0.4 is 10.7 Å². The molecule has 2 N–H and O–H groups in total. The first-order valence-corrected chi connectivity index (χ1v) is 7.12.